The Morgan fingerprint density at radius 1 is 0.812 bits per heavy atom. The van der Waals surface area contributed by atoms with Gasteiger partial charge in [0.05, 0.1) is 20.0 Å². The fourth-order valence-corrected chi connectivity index (χ4v) is 4.01. The number of benzene rings is 3. The molecule has 3 aromatic carbocycles. The van der Waals surface area contributed by atoms with Crippen molar-refractivity contribution < 1.29 is 19.1 Å². The number of ether oxygens (including phenoxy) is 2. The largest absolute Gasteiger partial charge is 0.493 e. The molecule has 0 saturated carbocycles. The highest BCUT2D eigenvalue weighted by atomic mass is 35.5. The van der Waals surface area contributed by atoms with Crippen molar-refractivity contribution >= 4 is 58.2 Å². The molecule has 0 atom stereocenters. The van der Waals surface area contributed by atoms with Crippen LogP contribution in [-0.2, 0) is 4.79 Å². The van der Waals surface area contributed by atoms with Crippen LogP contribution in [0.3, 0.4) is 0 Å². The predicted octanol–water partition coefficient (Wildman–Crippen LogP) is 5.99. The van der Waals surface area contributed by atoms with Gasteiger partial charge < -0.3 is 20.1 Å². The first kappa shape index (κ1) is 23.8. The zero-order valence-corrected chi connectivity index (χ0v) is 19.6. The number of thioether (sulfide) groups is 1. The molecule has 0 aliphatic rings. The topological polar surface area (TPSA) is 76.7 Å². The van der Waals surface area contributed by atoms with Crippen LogP contribution in [0.2, 0.25) is 10.0 Å². The van der Waals surface area contributed by atoms with Crippen molar-refractivity contribution in [1.82, 2.24) is 0 Å². The molecule has 0 unspecified atom stereocenters. The SMILES string of the molecule is COc1ccc(C(=O)Nc2ccc(SCC(=O)Nc3cc(Cl)cc(Cl)c3)cc2)cc1OC. The van der Waals surface area contributed by atoms with Crippen LogP contribution >= 0.6 is 35.0 Å². The first-order valence-electron chi connectivity index (χ1n) is 9.40. The summed E-state index contributed by atoms with van der Waals surface area (Å²) in [5, 5.41) is 6.50. The summed E-state index contributed by atoms with van der Waals surface area (Å²) >= 11 is 13.3. The predicted molar refractivity (Wildman–Crippen MR) is 130 cm³/mol. The Kier molecular flexibility index (Phi) is 8.27. The van der Waals surface area contributed by atoms with Gasteiger partial charge in [-0.3, -0.25) is 9.59 Å². The number of halogens is 2. The molecule has 32 heavy (non-hydrogen) atoms. The standard InChI is InChI=1S/C23H20Cl2N2O4S/c1-30-20-8-3-14(9-21(20)31-2)23(29)27-17-4-6-19(7-5-17)32-13-22(28)26-18-11-15(24)10-16(25)12-18/h3-12H,13H2,1-2H3,(H,26,28)(H,27,29). The molecule has 0 aromatic heterocycles. The van der Waals surface area contributed by atoms with Gasteiger partial charge in [-0.1, -0.05) is 23.2 Å². The van der Waals surface area contributed by atoms with E-state index in [2.05, 4.69) is 10.6 Å². The summed E-state index contributed by atoms with van der Waals surface area (Å²) < 4.78 is 10.4. The van der Waals surface area contributed by atoms with E-state index < -0.39 is 0 Å². The molecule has 0 heterocycles. The average Bonchev–Trinajstić information content (AvgIpc) is 2.77. The van der Waals surface area contributed by atoms with Crippen LogP contribution in [0.25, 0.3) is 0 Å². The van der Waals surface area contributed by atoms with Crippen LogP contribution in [0.4, 0.5) is 11.4 Å². The average molecular weight is 491 g/mol. The number of nitrogens with one attached hydrogen (secondary N) is 2. The zero-order valence-electron chi connectivity index (χ0n) is 17.3. The van der Waals surface area contributed by atoms with Gasteiger partial charge in [0, 0.05) is 31.9 Å². The van der Waals surface area contributed by atoms with Crippen molar-refractivity contribution in [2.45, 2.75) is 4.90 Å². The number of hydrogen-bond donors (Lipinski definition) is 2. The van der Waals surface area contributed by atoms with E-state index in [0.29, 0.717) is 38.5 Å². The second kappa shape index (κ2) is 11.1. The molecule has 0 bridgehead atoms. The molecule has 0 radical (unpaired) electrons. The third-order valence-corrected chi connectivity index (χ3v) is 5.72. The molecule has 0 saturated heterocycles. The lowest BCUT2D eigenvalue weighted by Gasteiger charge is -2.10. The number of carbonyl (C=O) groups excluding carboxylic acids is 2. The van der Waals surface area contributed by atoms with Crippen molar-refractivity contribution in [1.29, 1.82) is 0 Å². The Morgan fingerprint density at radius 2 is 1.47 bits per heavy atom. The summed E-state index contributed by atoms with van der Waals surface area (Å²) in [6, 6.07) is 17.0. The summed E-state index contributed by atoms with van der Waals surface area (Å²) in [4.78, 5) is 25.6. The third kappa shape index (κ3) is 6.56. The van der Waals surface area contributed by atoms with Gasteiger partial charge in [0.15, 0.2) is 11.5 Å². The summed E-state index contributed by atoms with van der Waals surface area (Å²) in [7, 11) is 3.05. The monoisotopic (exact) mass is 490 g/mol. The molecule has 0 aliphatic heterocycles. The minimum atomic E-state index is -0.272. The molecule has 2 amide bonds. The van der Waals surface area contributed by atoms with Crippen LogP contribution in [0, 0.1) is 0 Å². The summed E-state index contributed by atoms with van der Waals surface area (Å²) in [5.41, 5.74) is 1.62. The maximum absolute atomic E-state index is 12.5. The molecule has 0 fully saturated rings. The number of anilines is 2. The summed E-state index contributed by atoms with van der Waals surface area (Å²) in [5.74, 6) is 0.782. The summed E-state index contributed by atoms with van der Waals surface area (Å²) in [6.07, 6.45) is 0. The van der Waals surface area contributed by atoms with Gasteiger partial charge in [0.1, 0.15) is 0 Å². The van der Waals surface area contributed by atoms with E-state index in [9.17, 15) is 9.59 Å². The Balaban J connectivity index is 1.54. The number of amides is 2. The Hall–Kier alpha value is -2.87. The Labute approximate surface area is 200 Å². The number of methoxy groups -OCH3 is 2. The van der Waals surface area contributed by atoms with Crippen molar-refractivity contribution in [2.24, 2.45) is 0 Å². The first-order chi connectivity index (χ1) is 15.4. The van der Waals surface area contributed by atoms with Crippen LogP contribution < -0.4 is 20.1 Å². The first-order valence-corrected chi connectivity index (χ1v) is 11.1. The van der Waals surface area contributed by atoms with E-state index >= 15 is 0 Å². The molecule has 0 aliphatic carbocycles. The molecule has 9 heteroatoms. The minimum absolute atomic E-state index is 0.181. The normalized spacial score (nSPS) is 10.4. The van der Waals surface area contributed by atoms with Crippen molar-refractivity contribution in [3.8, 4) is 11.5 Å². The highest BCUT2D eigenvalue weighted by Gasteiger charge is 2.11. The lowest BCUT2D eigenvalue weighted by molar-refractivity contribution is -0.113. The molecule has 0 spiro atoms. The van der Waals surface area contributed by atoms with Gasteiger partial charge >= 0.3 is 0 Å². The second-order valence-corrected chi connectivity index (χ2v) is 8.46. The van der Waals surface area contributed by atoms with Gasteiger partial charge in [-0.25, -0.2) is 0 Å². The van der Waals surface area contributed by atoms with Crippen LogP contribution in [0.5, 0.6) is 11.5 Å². The quantitative estimate of drug-likeness (QED) is 0.379. The molecule has 2 N–H and O–H groups in total. The van der Waals surface area contributed by atoms with Gasteiger partial charge in [-0.15, -0.1) is 11.8 Å². The number of rotatable bonds is 8. The van der Waals surface area contributed by atoms with E-state index in [1.807, 2.05) is 12.1 Å². The zero-order chi connectivity index (χ0) is 23.1. The fourth-order valence-electron chi connectivity index (χ4n) is 2.79. The van der Waals surface area contributed by atoms with Crippen molar-refractivity contribution in [2.75, 3.05) is 30.6 Å². The maximum Gasteiger partial charge on any atom is 0.255 e. The lowest BCUT2D eigenvalue weighted by atomic mass is 10.2. The van der Waals surface area contributed by atoms with E-state index in [4.69, 9.17) is 32.7 Å². The summed E-state index contributed by atoms with van der Waals surface area (Å²) in [6.45, 7) is 0. The smallest absolute Gasteiger partial charge is 0.255 e. The van der Waals surface area contributed by atoms with Crippen molar-refractivity contribution in [3.05, 3.63) is 76.3 Å². The highest BCUT2D eigenvalue weighted by Crippen LogP contribution is 2.28. The second-order valence-electron chi connectivity index (χ2n) is 6.54. The molecule has 3 aromatic rings. The van der Waals surface area contributed by atoms with E-state index in [-0.39, 0.29) is 17.6 Å². The molecular formula is C23H20Cl2N2O4S. The van der Waals surface area contributed by atoms with E-state index in [1.54, 1.807) is 48.5 Å². The van der Waals surface area contributed by atoms with Gasteiger partial charge in [0.25, 0.3) is 5.91 Å². The fraction of sp³-hybridized carbons (Fsp3) is 0.130. The van der Waals surface area contributed by atoms with Crippen LogP contribution in [0.1, 0.15) is 10.4 Å². The highest BCUT2D eigenvalue weighted by molar-refractivity contribution is 8.00. The van der Waals surface area contributed by atoms with Gasteiger partial charge in [0.2, 0.25) is 5.91 Å². The molecule has 3 rings (SSSR count). The molecule has 6 nitrogen and oxygen atoms in total. The van der Waals surface area contributed by atoms with Crippen LogP contribution in [-0.4, -0.2) is 31.8 Å². The maximum atomic E-state index is 12.5. The Morgan fingerprint density at radius 3 is 2.09 bits per heavy atom. The minimum Gasteiger partial charge on any atom is -0.493 e. The lowest BCUT2D eigenvalue weighted by Crippen LogP contribution is -2.14. The number of carbonyl (C=O) groups is 2. The Bertz CT molecular complexity index is 1100. The van der Waals surface area contributed by atoms with Crippen molar-refractivity contribution in [3.63, 3.8) is 0 Å². The molecule has 166 valence electrons. The van der Waals surface area contributed by atoms with Gasteiger partial charge in [-0.05, 0) is 60.7 Å². The number of hydrogen-bond acceptors (Lipinski definition) is 5. The van der Waals surface area contributed by atoms with Crippen LogP contribution in [0.15, 0.2) is 65.6 Å². The van der Waals surface area contributed by atoms with E-state index in [0.717, 1.165) is 4.90 Å². The molecular weight excluding hydrogens is 471 g/mol. The van der Waals surface area contributed by atoms with E-state index in [1.165, 1.54) is 26.0 Å². The third-order valence-electron chi connectivity index (χ3n) is 4.27. The van der Waals surface area contributed by atoms with Gasteiger partial charge in [-0.2, -0.15) is 0 Å².